The van der Waals surface area contributed by atoms with Crippen molar-refractivity contribution in [3.05, 3.63) is 42.5 Å². The molecule has 4 rings (SSSR count). The topological polar surface area (TPSA) is 87.7 Å². The lowest BCUT2D eigenvalue weighted by Crippen LogP contribution is -2.23. The van der Waals surface area contributed by atoms with Crippen LogP contribution < -0.4 is 19.7 Å². The van der Waals surface area contributed by atoms with Gasteiger partial charge in [0.25, 0.3) is 10.0 Å². The van der Waals surface area contributed by atoms with Crippen molar-refractivity contribution in [2.24, 2.45) is 5.92 Å². The third-order valence-electron chi connectivity index (χ3n) is 5.26. The number of rotatable bonds is 7. The number of nitrogens with one attached hydrogen (secondary N) is 2. The minimum Gasteiger partial charge on any atom is -0.495 e. The Balaban J connectivity index is 1.70. The minimum atomic E-state index is -3.90. The number of nitrogens with zero attached hydrogens (tertiary/aromatic N) is 1. The van der Waals surface area contributed by atoms with Gasteiger partial charge in [-0.15, -0.1) is 0 Å². The van der Waals surface area contributed by atoms with E-state index < -0.39 is 10.0 Å². The zero-order chi connectivity index (χ0) is 20.4. The molecule has 0 bridgehead atoms. The summed E-state index contributed by atoms with van der Waals surface area (Å²) in [6, 6.07) is 12.0. The molecule has 1 saturated carbocycles. The first-order valence-electron chi connectivity index (χ1n) is 9.83. The number of benzene rings is 2. The zero-order valence-electron chi connectivity index (χ0n) is 16.3. The van der Waals surface area contributed by atoms with Crippen LogP contribution in [-0.2, 0) is 14.8 Å². The number of ether oxygens (including phenoxy) is 1. The van der Waals surface area contributed by atoms with Crippen molar-refractivity contribution in [1.29, 1.82) is 0 Å². The predicted molar refractivity (Wildman–Crippen MR) is 113 cm³/mol. The molecule has 2 aromatic rings. The summed E-state index contributed by atoms with van der Waals surface area (Å²) >= 11 is 0. The van der Waals surface area contributed by atoms with Crippen LogP contribution in [0.5, 0.6) is 5.75 Å². The Hall–Kier alpha value is -2.74. The Bertz CT molecular complexity index is 1010. The van der Waals surface area contributed by atoms with E-state index >= 15 is 0 Å². The maximum Gasteiger partial charge on any atom is 0.264 e. The highest BCUT2D eigenvalue weighted by molar-refractivity contribution is 7.93. The van der Waals surface area contributed by atoms with Gasteiger partial charge in [-0.05, 0) is 56.0 Å². The van der Waals surface area contributed by atoms with Gasteiger partial charge in [-0.25, -0.2) is 8.42 Å². The Labute approximate surface area is 171 Å². The highest BCUT2D eigenvalue weighted by Crippen LogP contribution is 2.35. The fourth-order valence-electron chi connectivity index (χ4n) is 3.54. The molecular formula is C21H25N3O4S. The van der Waals surface area contributed by atoms with E-state index in [9.17, 15) is 13.2 Å². The third-order valence-corrected chi connectivity index (χ3v) is 6.66. The van der Waals surface area contributed by atoms with Crippen LogP contribution in [-0.4, -0.2) is 34.5 Å². The second kappa shape index (κ2) is 7.94. The second-order valence-corrected chi connectivity index (χ2v) is 9.10. The summed E-state index contributed by atoms with van der Waals surface area (Å²) in [6.45, 7) is 1.62. The van der Waals surface area contributed by atoms with Gasteiger partial charge in [-0.2, -0.15) is 0 Å². The highest BCUT2D eigenvalue weighted by atomic mass is 32.2. The molecule has 29 heavy (non-hydrogen) atoms. The molecule has 2 aromatic carbocycles. The Morgan fingerprint density at radius 2 is 1.83 bits per heavy atom. The summed E-state index contributed by atoms with van der Waals surface area (Å²) in [7, 11) is -2.40. The normalized spacial score (nSPS) is 16.5. The van der Waals surface area contributed by atoms with Crippen LogP contribution in [0.15, 0.2) is 47.4 Å². The van der Waals surface area contributed by atoms with Crippen LogP contribution in [0.2, 0.25) is 0 Å². The van der Waals surface area contributed by atoms with Gasteiger partial charge >= 0.3 is 0 Å². The van der Waals surface area contributed by atoms with Crippen molar-refractivity contribution in [3.63, 3.8) is 0 Å². The van der Waals surface area contributed by atoms with Crippen LogP contribution in [0.1, 0.15) is 25.7 Å². The van der Waals surface area contributed by atoms with Crippen LogP contribution in [0.4, 0.5) is 17.1 Å². The van der Waals surface area contributed by atoms with Crippen molar-refractivity contribution >= 4 is 33.0 Å². The lowest BCUT2D eigenvalue weighted by atomic mass is 10.2. The molecule has 1 saturated heterocycles. The van der Waals surface area contributed by atoms with Crippen molar-refractivity contribution in [2.75, 3.05) is 35.1 Å². The highest BCUT2D eigenvalue weighted by Gasteiger charge is 2.30. The van der Waals surface area contributed by atoms with Gasteiger partial charge in [0.05, 0.1) is 18.5 Å². The molecule has 0 unspecified atom stereocenters. The van der Waals surface area contributed by atoms with Crippen molar-refractivity contribution in [2.45, 2.75) is 30.6 Å². The van der Waals surface area contributed by atoms with Gasteiger partial charge in [0.15, 0.2) is 0 Å². The zero-order valence-corrected chi connectivity index (χ0v) is 17.2. The molecule has 0 aromatic heterocycles. The van der Waals surface area contributed by atoms with Crippen LogP contribution >= 0.6 is 0 Å². The first kappa shape index (κ1) is 19.6. The van der Waals surface area contributed by atoms with E-state index in [0.717, 1.165) is 38.8 Å². The number of amides is 1. The summed E-state index contributed by atoms with van der Waals surface area (Å²) in [5.74, 6) is 0.428. The summed E-state index contributed by atoms with van der Waals surface area (Å²) in [6.07, 6.45) is 3.83. The van der Waals surface area contributed by atoms with Gasteiger partial charge < -0.3 is 15.0 Å². The fourth-order valence-corrected chi connectivity index (χ4v) is 4.87. The quantitative estimate of drug-likeness (QED) is 0.723. The first-order chi connectivity index (χ1) is 14.0. The molecule has 1 aliphatic heterocycles. The molecule has 1 heterocycles. The van der Waals surface area contributed by atoms with Gasteiger partial charge in [0.1, 0.15) is 10.6 Å². The van der Waals surface area contributed by atoms with E-state index in [1.54, 1.807) is 42.5 Å². The molecule has 1 aliphatic carbocycles. The largest absolute Gasteiger partial charge is 0.495 e. The molecular weight excluding hydrogens is 390 g/mol. The maximum absolute atomic E-state index is 13.3. The molecule has 154 valence electrons. The number of carbonyl (C=O) groups excluding carboxylic acids is 1. The number of para-hydroxylation sites is 2. The van der Waals surface area contributed by atoms with E-state index in [1.165, 1.54) is 7.11 Å². The predicted octanol–water partition coefficient (Wildman–Crippen LogP) is 3.44. The number of anilines is 3. The Morgan fingerprint density at radius 3 is 2.52 bits per heavy atom. The average molecular weight is 416 g/mol. The molecule has 2 fully saturated rings. The Morgan fingerprint density at radius 1 is 1.10 bits per heavy atom. The molecule has 0 radical (unpaired) electrons. The standard InChI is InChI=1S/C21H25N3O4S/c1-28-19-7-3-2-6-17(19)23-29(26,27)20-14-16(22-21(25)15-8-9-15)10-11-18(20)24-12-4-5-13-24/h2-3,6-7,10-11,14-15,23H,4-5,8-9,12-13H2,1H3,(H,22,25). The van der Waals surface area contributed by atoms with E-state index in [2.05, 4.69) is 14.9 Å². The summed E-state index contributed by atoms with van der Waals surface area (Å²) < 4.78 is 34.6. The summed E-state index contributed by atoms with van der Waals surface area (Å²) in [5.41, 5.74) is 1.51. The molecule has 8 heteroatoms. The van der Waals surface area contributed by atoms with Crippen LogP contribution in [0.3, 0.4) is 0 Å². The first-order valence-corrected chi connectivity index (χ1v) is 11.3. The van der Waals surface area contributed by atoms with E-state index in [4.69, 9.17) is 4.74 Å². The monoisotopic (exact) mass is 415 g/mol. The number of carbonyl (C=O) groups is 1. The number of methoxy groups -OCH3 is 1. The van der Waals surface area contributed by atoms with Crippen molar-refractivity contribution in [3.8, 4) is 5.75 Å². The SMILES string of the molecule is COc1ccccc1NS(=O)(=O)c1cc(NC(=O)C2CC2)ccc1N1CCCC1. The van der Waals surface area contributed by atoms with Crippen molar-refractivity contribution in [1.82, 2.24) is 0 Å². The smallest absolute Gasteiger partial charge is 0.264 e. The van der Waals surface area contributed by atoms with E-state index in [1.807, 2.05) is 0 Å². The fraction of sp³-hybridized carbons (Fsp3) is 0.381. The summed E-state index contributed by atoms with van der Waals surface area (Å²) in [5, 5.41) is 2.85. The molecule has 2 N–H and O–H groups in total. The molecule has 2 aliphatic rings. The van der Waals surface area contributed by atoms with Gasteiger partial charge in [0, 0.05) is 24.7 Å². The van der Waals surface area contributed by atoms with Crippen LogP contribution in [0.25, 0.3) is 0 Å². The van der Waals surface area contributed by atoms with Crippen molar-refractivity contribution < 1.29 is 17.9 Å². The lowest BCUT2D eigenvalue weighted by molar-refractivity contribution is -0.117. The second-order valence-electron chi connectivity index (χ2n) is 7.45. The van der Waals surface area contributed by atoms with Gasteiger partial charge in [-0.1, -0.05) is 12.1 Å². The molecule has 0 spiro atoms. The number of hydrogen-bond donors (Lipinski definition) is 2. The number of sulfonamides is 1. The average Bonchev–Trinajstić information content (AvgIpc) is 3.43. The number of hydrogen-bond acceptors (Lipinski definition) is 5. The lowest BCUT2D eigenvalue weighted by Gasteiger charge is -2.23. The van der Waals surface area contributed by atoms with E-state index in [0.29, 0.717) is 22.8 Å². The minimum absolute atomic E-state index is 0.0417. The third kappa shape index (κ3) is 4.32. The maximum atomic E-state index is 13.3. The molecule has 1 amide bonds. The Kier molecular flexibility index (Phi) is 5.36. The van der Waals surface area contributed by atoms with Gasteiger partial charge in [-0.3, -0.25) is 9.52 Å². The van der Waals surface area contributed by atoms with Gasteiger partial charge in [0.2, 0.25) is 5.91 Å². The van der Waals surface area contributed by atoms with Crippen LogP contribution in [0, 0.1) is 5.92 Å². The summed E-state index contributed by atoms with van der Waals surface area (Å²) in [4.78, 5) is 14.4. The molecule has 7 nitrogen and oxygen atoms in total. The molecule has 0 atom stereocenters. The van der Waals surface area contributed by atoms with E-state index in [-0.39, 0.29) is 16.7 Å².